The number of carbonyl (C=O) groups excluding carboxylic acids is 1. The Bertz CT molecular complexity index is 116. The van der Waals surface area contributed by atoms with Crippen molar-refractivity contribution >= 4 is 14.8 Å². The van der Waals surface area contributed by atoms with E-state index in [0.29, 0.717) is 0 Å². The van der Waals surface area contributed by atoms with Crippen molar-refractivity contribution in [3.8, 4) is 0 Å². The van der Waals surface area contributed by atoms with Crippen molar-refractivity contribution in [2.24, 2.45) is 11.5 Å². The van der Waals surface area contributed by atoms with E-state index in [1.165, 1.54) is 0 Å². The van der Waals surface area contributed by atoms with Gasteiger partial charge in [0.25, 0.3) is 0 Å². The third-order valence-corrected chi connectivity index (χ3v) is 3.34. The molecule has 0 heterocycles. The Balaban J connectivity index is 0. The number of hydrogen-bond acceptors (Lipinski definition) is 4. The Morgan fingerprint density at radius 1 is 1.08 bits per heavy atom. The van der Waals surface area contributed by atoms with Crippen molar-refractivity contribution in [1.82, 2.24) is 0 Å². The van der Waals surface area contributed by atoms with Gasteiger partial charge in [-0.25, -0.2) is 4.79 Å². The summed E-state index contributed by atoms with van der Waals surface area (Å²) in [5.41, 5.74) is 8.50. The average molecular weight is 196 g/mol. The minimum absolute atomic E-state index is 0.833. The maximum atomic E-state index is 9.00. The van der Waals surface area contributed by atoms with Gasteiger partial charge in [-0.2, -0.15) is 0 Å². The maximum Gasteiger partial charge on any atom is 0.496 e. The van der Waals surface area contributed by atoms with Crippen LogP contribution < -0.4 is 11.5 Å². The first-order valence-corrected chi connectivity index (χ1v) is 5.34. The smallest absolute Gasteiger partial charge is 0.377 e. The van der Waals surface area contributed by atoms with Crippen molar-refractivity contribution in [3.63, 3.8) is 0 Å². The molecule has 0 aliphatic heterocycles. The number of amides is 2. The highest BCUT2D eigenvalue weighted by Crippen LogP contribution is 2.02. The minimum atomic E-state index is -2.17. The molecule has 0 bridgehead atoms. The van der Waals surface area contributed by atoms with E-state index in [-0.39, 0.29) is 0 Å². The van der Waals surface area contributed by atoms with E-state index in [1.807, 2.05) is 6.55 Å². The van der Waals surface area contributed by atoms with Gasteiger partial charge < -0.3 is 24.7 Å². The summed E-state index contributed by atoms with van der Waals surface area (Å²) in [5.74, 6) is 0. The molecule has 0 aromatic carbocycles. The molecule has 0 atom stereocenters. The van der Waals surface area contributed by atoms with E-state index in [0.717, 1.165) is 0 Å². The normalized spacial score (nSPS) is 10.0. The van der Waals surface area contributed by atoms with Gasteiger partial charge >= 0.3 is 14.8 Å². The summed E-state index contributed by atoms with van der Waals surface area (Å²) < 4.78 is 14.8. The monoisotopic (exact) mass is 196 g/mol. The molecule has 0 saturated carbocycles. The third-order valence-electron chi connectivity index (χ3n) is 1.11. The average Bonchev–Trinajstić information content (AvgIpc) is 2.02. The number of primary amides is 2. The molecule has 0 aliphatic carbocycles. The molecule has 2 amide bonds. The van der Waals surface area contributed by atoms with E-state index in [9.17, 15) is 0 Å². The molecule has 0 aliphatic rings. The molecular weight excluding hydrogens is 180 g/mol. The first-order chi connectivity index (χ1) is 5.41. The molecular formula is C5H16N2O4Si. The number of rotatable bonds is 3. The number of carbonyl (C=O) groups is 1. The van der Waals surface area contributed by atoms with Crippen LogP contribution in [-0.2, 0) is 13.3 Å². The second-order valence-corrected chi connectivity index (χ2v) is 4.83. The SMILES string of the molecule is CO[Si](C)(OC)OC.NC(N)=O. The van der Waals surface area contributed by atoms with Crippen LogP contribution in [0.15, 0.2) is 0 Å². The second-order valence-electron chi connectivity index (χ2n) is 1.88. The zero-order valence-electron chi connectivity index (χ0n) is 7.79. The first-order valence-electron chi connectivity index (χ1n) is 3.12. The van der Waals surface area contributed by atoms with Crippen LogP contribution in [0.1, 0.15) is 0 Å². The zero-order chi connectivity index (χ0) is 10.2. The van der Waals surface area contributed by atoms with Crippen LogP contribution in [-0.4, -0.2) is 36.2 Å². The quantitative estimate of drug-likeness (QED) is 0.596. The molecule has 74 valence electrons. The largest absolute Gasteiger partial charge is 0.496 e. The van der Waals surface area contributed by atoms with Crippen LogP contribution >= 0.6 is 0 Å². The summed E-state index contributed by atoms with van der Waals surface area (Å²) in [6.45, 7) is 1.83. The lowest BCUT2D eigenvalue weighted by Crippen LogP contribution is -2.38. The molecule has 6 nitrogen and oxygen atoms in total. The molecule has 0 fully saturated rings. The van der Waals surface area contributed by atoms with E-state index in [4.69, 9.17) is 18.1 Å². The Morgan fingerprint density at radius 2 is 1.25 bits per heavy atom. The van der Waals surface area contributed by atoms with Crippen molar-refractivity contribution < 1.29 is 18.1 Å². The minimum Gasteiger partial charge on any atom is -0.377 e. The molecule has 0 radical (unpaired) electrons. The van der Waals surface area contributed by atoms with Gasteiger partial charge in [0.15, 0.2) is 0 Å². The standard InChI is InChI=1S/C4H12O3Si.CH4N2O/c1-5-8(4,6-2)7-3;2-1(3)4/h1-4H3;(H4,2,3,4). The fraction of sp³-hybridized carbons (Fsp3) is 0.800. The van der Waals surface area contributed by atoms with Crippen molar-refractivity contribution in [3.05, 3.63) is 0 Å². The van der Waals surface area contributed by atoms with Crippen LogP contribution in [0.5, 0.6) is 0 Å². The highest BCUT2D eigenvalue weighted by atomic mass is 28.4. The van der Waals surface area contributed by atoms with E-state index in [1.54, 1.807) is 21.3 Å². The molecule has 12 heavy (non-hydrogen) atoms. The van der Waals surface area contributed by atoms with Crippen LogP contribution in [0, 0.1) is 0 Å². The number of hydrogen-bond donors (Lipinski definition) is 2. The molecule has 4 N–H and O–H groups in total. The fourth-order valence-corrected chi connectivity index (χ4v) is 0.750. The molecule has 0 aromatic rings. The highest BCUT2D eigenvalue weighted by Gasteiger charge is 2.29. The van der Waals surface area contributed by atoms with Crippen LogP contribution in [0.25, 0.3) is 0 Å². The summed E-state index contributed by atoms with van der Waals surface area (Å²) in [4.78, 5) is 9.00. The third kappa shape index (κ3) is 9.37. The van der Waals surface area contributed by atoms with Gasteiger partial charge in [0.1, 0.15) is 0 Å². The maximum absolute atomic E-state index is 9.00. The van der Waals surface area contributed by atoms with Crippen molar-refractivity contribution in [1.29, 1.82) is 0 Å². The zero-order valence-corrected chi connectivity index (χ0v) is 8.79. The lowest BCUT2D eigenvalue weighted by molar-refractivity contribution is 0.132. The Kier molecular flexibility index (Phi) is 8.17. The van der Waals surface area contributed by atoms with Gasteiger partial charge in [0, 0.05) is 27.9 Å². The van der Waals surface area contributed by atoms with E-state index >= 15 is 0 Å². The summed E-state index contributed by atoms with van der Waals surface area (Å²) in [6, 6.07) is -0.833. The first kappa shape index (κ1) is 13.9. The summed E-state index contributed by atoms with van der Waals surface area (Å²) in [5, 5.41) is 0. The van der Waals surface area contributed by atoms with Gasteiger partial charge in [-0.05, 0) is 0 Å². The number of nitrogens with two attached hydrogens (primary N) is 2. The lowest BCUT2D eigenvalue weighted by atomic mass is 11.2. The van der Waals surface area contributed by atoms with Gasteiger partial charge in [-0.15, -0.1) is 0 Å². The van der Waals surface area contributed by atoms with Crippen LogP contribution in [0.4, 0.5) is 4.79 Å². The van der Waals surface area contributed by atoms with Crippen molar-refractivity contribution in [2.45, 2.75) is 6.55 Å². The van der Waals surface area contributed by atoms with Gasteiger partial charge in [-0.3, -0.25) is 0 Å². The second kappa shape index (κ2) is 7.04. The number of urea groups is 1. The summed E-state index contributed by atoms with van der Waals surface area (Å²) in [6.07, 6.45) is 0. The van der Waals surface area contributed by atoms with E-state index in [2.05, 4.69) is 11.5 Å². The molecule has 0 aromatic heterocycles. The Morgan fingerprint density at radius 3 is 1.25 bits per heavy atom. The van der Waals surface area contributed by atoms with Crippen LogP contribution in [0.3, 0.4) is 0 Å². The van der Waals surface area contributed by atoms with E-state index < -0.39 is 14.8 Å². The summed E-state index contributed by atoms with van der Waals surface area (Å²) in [7, 11) is 2.58. The fourth-order valence-electron chi connectivity index (χ4n) is 0.250. The molecule has 0 spiro atoms. The van der Waals surface area contributed by atoms with Crippen LogP contribution in [0.2, 0.25) is 6.55 Å². The molecule has 7 heteroatoms. The summed E-state index contributed by atoms with van der Waals surface area (Å²) >= 11 is 0. The lowest BCUT2D eigenvalue weighted by Gasteiger charge is -2.18. The Labute approximate surface area is 73.1 Å². The highest BCUT2D eigenvalue weighted by molar-refractivity contribution is 6.58. The van der Waals surface area contributed by atoms with Crippen molar-refractivity contribution in [2.75, 3.05) is 21.3 Å². The van der Waals surface area contributed by atoms with Gasteiger partial charge in [-0.1, -0.05) is 0 Å². The van der Waals surface area contributed by atoms with Gasteiger partial charge in [0.05, 0.1) is 0 Å². The topological polar surface area (TPSA) is 96.8 Å². The molecule has 0 saturated heterocycles. The predicted molar refractivity (Wildman–Crippen MR) is 46.4 cm³/mol. The van der Waals surface area contributed by atoms with Gasteiger partial charge in [0.2, 0.25) is 0 Å². The molecule has 0 unspecified atom stereocenters. The molecule has 0 rings (SSSR count). The Hall–Kier alpha value is -0.633. The predicted octanol–water partition coefficient (Wildman–Crippen LogP) is -0.482.